The minimum absolute atomic E-state index is 0.00117. The molecular weight excluding hydrogens is 995 g/mol. The standard InChI is InChI=1S/C75H139NO5/c1-3-5-7-9-11-13-15-17-19-21-22-23-24-26-29-32-36-39-43-47-51-55-59-63-67-73(78)72(71-77)76-74(79)68-64-60-56-52-48-44-40-37-33-30-27-25-28-31-34-38-42-46-50-54-58-62-66-70-81-75(80)69-65-61-57-53-49-45-41-35-20-18-16-14-12-10-8-6-4-2/h12,14,18,20,25,28,30,33,63,67,72-73,77-78H,3-11,13,15-17,19,21-24,26-27,29,31-32,34-62,64-66,68-71H2,1-2H3,(H,76,79)/b14-12-,20-18-,28-25-,33-30-,67-63+. The molecule has 0 aliphatic carbocycles. The van der Waals surface area contributed by atoms with Gasteiger partial charge in [-0.3, -0.25) is 9.59 Å². The minimum atomic E-state index is -0.854. The molecule has 0 saturated heterocycles. The molecule has 1 amide bonds. The summed E-state index contributed by atoms with van der Waals surface area (Å²) < 4.78 is 5.49. The van der Waals surface area contributed by atoms with Crippen LogP contribution in [-0.2, 0) is 14.3 Å². The third kappa shape index (κ3) is 66.6. The maximum absolute atomic E-state index is 12.5. The van der Waals surface area contributed by atoms with Crippen LogP contribution in [0.15, 0.2) is 60.8 Å². The van der Waals surface area contributed by atoms with Crippen LogP contribution in [0, 0.1) is 0 Å². The molecule has 0 aromatic rings. The first-order chi connectivity index (χ1) is 40.0. The number of carbonyl (C=O) groups excluding carboxylic acids is 2. The van der Waals surface area contributed by atoms with Crippen molar-refractivity contribution in [1.29, 1.82) is 0 Å². The van der Waals surface area contributed by atoms with E-state index in [0.29, 0.717) is 19.4 Å². The predicted octanol–water partition coefficient (Wildman–Crippen LogP) is 23.4. The summed E-state index contributed by atoms with van der Waals surface area (Å²) in [4.78, 5) is 24.6. The Labute approximate surface area is 505 Å². The van der Waals surface area contributed by atoms with Crippen LogP contribution in [0.25, 0.3) is 0 Å². The van der Waals surface area contributed by atoms with E-state index in [1.54, 1.807) is 6.08 Å². The van der Waals surface area contributed by atoms with E-state index in [4.69, 9.17) is 4.74 Å². The number of aliphatic hydroxyl groups excluding tert-OH is 2. The average Bonchev–Trinajstić information content (AvgIpc) is 3.47. The maximum Gasteiger partial charge on any atom is 0.305 e. The Morgan fingerprint density at radius 3 is 0.963 bits per heavy atom. The average molecular weight is 1130 g/mol. The van der Waals surface area contributed by atoms with Crippen molar-refractivity contribution in [2.45, 2.75) is 392 Å². The Kier molecular flexibility index (Phi) is 67.9. The van der Waals surface area contributed by atoms with Crippen LogP contribution in [-0.4, -0.2) is 47.4 Å². The number of unbranched alkanes of at least 4 members (excludes halogenated alkanes) is 48. The highest BCUT2D eigenvalue weighted by atomic mass is 16.5. The van der Waals surface area contributed by atoms with E-state index in [2.05, 4.69) is 67.8 Å². The zero-order valence-corrected chi connectivity index (χ0v) is 54.3. The molecule has 0 aromatic carbocycles. The van der Waals surface area contributed by atoms with Gasteiger partial charge in [-0.15, -0.1) is 0 Å². The molecule has 0 aromatic heterocycles. The quantitative estimate of drug-likeness (QED) is 0.0320. The van der Waals surface area contributed by atoms with Gasteiger partial charge >= 0.3 is 5.97 Å². The number of hydrogen-bond donors (Lipinski definition) is 3. The Morgan fingerprint density at radius 2 is 0.617 bits per heavy atom. The van der Waals surface area contributed by atoms with E-state index in [1.807, 2.05) is 6.08 Å². The zero-order chi connectivity index (χ0) is 58.5. The first-order valence-electron chi connectivity index (χ1n) is 36.1. The van der Waals surface area contributed by atoms with Crippen molar-refractivity contribution >= 4 is 11.9 Å². The summed E-state index contributed by atoms with van der Waals surface area (Å²) in [6, 6.07) is -0.639. The summed E-state index contributed by atoms with van der Waals surface area (Å²) in [6.07, 6.45) is 92.9. The fourth-order valence-corrected chi connectivity index (χ4v) is 11.0. The maximum atomic E-state index is 12.5. The lowest BCUT2D eigenvalue weighted by Crippen LogP contribution is -2.45. The molecule has 2 unspecified atom stereocenters. The SMILES string of the molecule is CCCCC/C=C\C/C=C\CCCCCCCCCC(=O)OCCCCCCCCCCC/C=C\C/C=C\CCCCCCCCCC(=O)NC(CO)C(O)/C=C/CCCCCCCCCCCCCCCCCCCCCCCC. The first kappa shape index (κ1) is 78.6. The first-order valence-corrected chi connectivity index (χ1v) is 36.1. The number of allylic oxidation sites excluding steroid dienone is 9. The van der Waals surface area contributed by atoms with Gasteiger partial charge < -0.3 is 20.3 Å². The molecule has 0 spiro atoms. The fourth-order valence-electron chi connectivity index (χ4n) is 11.0. The van der Waals surface area contributed by atoms with Crippen LogP contribution in [0.3, 0.4) is 0 Å². The second-order valence-electron chi connectivity index (χ2n) is 24.6. The molecule has 81 heavy (non-hydrogen) atoms. The second kappa shape index (κ2) is 70.0. The van der Waals surface area contributed by atoms with Crippen molar-refractivity contribution < 1.29 is 24.5 Å². The molecule has 0 aliphatic rings. The highest BCUT2D eigenvalue weighted by Crippen LogP contribution is 2.18. The molecule has 0 heterocycles. The molecule has 0 bridgehead atoms. The largest absolute Gasteiger partial charge is 0.466 e. The predicted molar refractivity (Wildman–Crippen MR) is 356 cm³/mol. The van der Waals surface area contributed by atoms with E-state index in [1.165, 1.54) is 283 Å². The molecule has 3 N–H and O–H groups in total. The highest BCUT2D eigenvalue weighted by molar-refractivity contribution is 5.76. The smallest absolute Gasteiger partial charge is 0.305 e. The minimum Gasteiger partial charge on any atom is -0.466 e. The van der Waals surface area contributed by atoms with Gasteiger partial charge in [-0.1, -0.05) is 331 Å². The van der Waals surface area contributed by atoms with Crippen LogP contribution in [0.1, 0.15) is 380 Å². The monoisotopic (exact) mass is 1130 g/mol. The van der Waals surface area contributed by atoms with Gasteiger partial charge in [0.05, 0.1) is 25.4 Å². The van der Waals surface area contributed by atoms with Gasteiger partial charge in [0.2, 0.25) is 5.91 Å². The van der Waals surface area contributed by atoms with E-state index in [0.717, 1.165) is 70.6 Å². The van der Waals surface area contributed by atoms with Crippen molar-refractivity contribution in [3.05, 3.63) is 60.8 Å². The van der Waals surface area contributed by atoms with Crippen molar-refractivity contribution in [1.82, 2.24) is 5.32 Å². The third-order valence-corrected chi connectivity index (χ3v) is 16.5. The number of amides is 1. The summed E-state index contributed by atoms with van der Waals surface area (Å²) >= 11 is 0. The van der Waals surface area contributed by atoms with Gasteiger partial charge in [0.1, 0.15) is 0 Å². The van der Waals surface area contributed by atoms with Crippen molar-refractivity contribution in [3.8, 4) is 0 Å². The van der Waals surface area contributed by atoms with Gasteiger partial charge in [-0.05, 0) is 96.3 Å². The normalized spacial score (nSPS) is 12.9. The summed E-state index contributed by atoms with van der Waals surface area (Å²) in [5.41, 5.74) is 0. The van der Waals surface area contributed by atoms with Crippen LogP contribution in [0.2, 0.25) is 0 Å². The van der Waals surface area contributed by atoms with Gasteiger partial charge in [-0.2, -0.15) is 0 Å². The Balaban J connectivity index is 3.48. The summed E-state index contributed by atoms with van der Waals surface area (Å²) in [5, 5.41) is 23.3. The second-order valence-corrected chi connectivity index (χ2v) is 24.6. The van der Waals surface area contributed by atoms with Crippen LogP contribution in [0.5, 0.6) is 0 Å². The topological polar surface area (TPSA) is 95.9 Å². The van der Waals surface area contributed by atoms with Crippen molar-refractivity contribution in [2.24, 2.45) is 0 Å². The zero-order valence-electron chi connectivity index (χ0n) is 54.3. The van der Waals surface area contributed by atoms with E-state index in [9.17, 15) is 19.8 Å². The number of rotatable bonds is 67. The number of esters is 1. The number of aliphatic hydroxyl groups is 2. The molecule has 0 saturated carbocycles. The van der Waals surface area contributed by atoms with E-state index >= 15 is 0 Å². The molecule has 6 nitrogen and oxygen atoms in total. The van der Waals surface area contributed by atoms with Gasteiger partial charge in [0.15, 0.2) is 0 Å². The van der Waals surface area contributed by atoms with E-state index < -0.39 is 12.1 Å². The number of carbonyl (C=O) groups is 2. The van der Waals surface area contributed by atoms with Crippen molar-refractivity contribution in [2.75, 3.05) is 13.2 Å². The molecule has 2 atom stereocenters. The number of nitrogens with one attached hydrogen (secondary N) is 1. The van der Waals surface area contributed by atoms with Crippen LogP contribution < -0.4 is 5.32 Å². The van der Waals surface area contributed by atoms with E-state index in [-0.39, 0.29) is 18.5 Å². The van der Waals surface area contributed by atoms with Crippen molar-refractivity contribution in [3.63, 3.8) is 0 Å². The lowest BCUT2D eigenvalue weighted by Gasteiger charge is -2.20. The lowest BCUT2D eigenvalue weighted by atomic mass is 10.0. The molecule has 6 heteroatoms. The van der Waals surface area contributed by atoms with Gasteiger partial charge in [0.25, 0.3) is 0 Å². The fraction of sp³-hybridized carbons (Fsp3) is 0.840. The summed E-state index contributed by atoms with van der Waals surface area (Å²) in [6.45, 7) is 4.89. The van der Waals surface area contributed by atoms with Crippen LogP contribution >= 0.6 is 0 Å². The van der Waals surface area contributed by atoms with Gasteiger partial charge in [-0.25, -0.2) is 0 Å². The number of hydrogen-bond acceptors (Lipinski definition) is 5. The summed E-state index contributed by atoms with van der Waals surface area (Å²) in [5.74, 6) is -0.0767. The number of ether oxygens (including phenoxy) is 1. The lowest BCUT2D eigenvalue weighted by molar-refractivity contribution is -0.143. The molecule has 474 valence electrons. The highest BCUT2D eigenvalue weighted by Gasteiger charge is 2.18. The third-order valence-electron chi connectivity index (χ3n) is 16.5. The Bertz CT molecular complexity index is 1400. The molecular formula is C75H139NO5. The van der Waals surface area contributed by atoms with Gasteiger partial charge in [0, 0.05) is 12.8 Å². The molecule has 0 rings (SSSR count). The summed E-state index contributed by atoms with van der Waals surface area (Å²) in [7, 11) is 0. The Hall–Kier alpha value is -2.44. The van der Waals surface area contributed by atoms with Crippen LogP contribution in [0.4, 0.5) is 0 Å². The molecule has 0 radical (unpaired) electrons. The molecule has 0 fully saturated rings. The molecule has 0 aliphatic heterocycles. The Morgan fingerprint density at radius 1 is 0.346 bits per heavy atom.